The van der Waals surface area contributed by atoms with Gasteiger partial charge in [0, 0.05) is 19.8 Å². The molecule has 1 N–H and O–H groups in total. The van der Waals surface area contributed by atoms with Crippen LogP contribution >= 0.6 is 0 Å². The summed E-state index contributed by atoms with van der Waals surface area (Å²) >= 11 is 0. The number of rotatable bonds is 8. The van der Waals surface area contributed by atoms with E-state index in [0.29, 0.717) is 22.2 Å². The van der Waals surface area contributed by atoms with Crippen LogP contribution in [0.1, 0.15) is 30.5 Å². The molecule has 0 radical (unpaired) electrons. The highest BCUT2D eigenvalue weighted by Gasteiger charge is 2.52. The highest BCUT2D eigenvalue weighted by atomic mass is 32.2. The standard InChI is InChI=1S/C29H26F4N6O4S/c1-28(2)26(40)39(20-10-9-18(15-34)22(13-20)29(31,32)33)27(41)38(28)16-19-7-5-6-8-24(19)36-25-12-11-21(14-23(25)30)44(42,43)35-17-37(3)4/h5-14,17,36H,16H2,1-4H3/b35-17+. The van der Waals surface area contributed by atoms with Crippen molar-refractivity contribution in [2.45, 2.75) is 37.0 Å². The van der Waals surface area contributed by atoms with E-state index in [0.717, 1.165) is 29.4 Å². The van der Waals surface area contributed by atoms with Gasteiger partial charge in [0.2, 0.25) is 0 Å². The lowest BCUT2D eigenvalue weighted by atomic mass is 10.0. The van der Waals surface area contributed by atoms with Crippen molar-refractivity contribution in [3.05, 3.63) is 83.2 Å². The van der Waals surface area contributed by atoms with E-state index in [4.69, 9.17) is 5.26 Å². The highest BCUT2D eigenvalue weighted by molar-refractivity contribution is 7.90. The van der Waals surface area contributed by atoms with Gasteiger partial charge in [0.15, 0.2) is 0 Å². The maximum Gasteiger partial charge on any atom is 0.417 e. The third kappa shape index (κ3) is 6.20. The van der Waals surface area contributed by atoms with Crippen LogP contribution in [0.2, 0.25) is 0 Å². The van der Waals surface area contributed by atoms with Gasteiger partial charge in [0.25, 0.3) is 15.9 Å². The Hall–Kier alpha value is -4.97. The molecule has 1 aliphatic heterocycles. The van der Waals surface area contributed by atoms with Crippen LogP contribution in [0.15, 0.2) is 70.0 Å². The van der Waals surface area contributed by atoms with Gasteiger partial charge in [-0.25, -0.2) is 14.1 Å². The molecule has 0 spiro atoms. The number of nitriles is 1. The average Bonchev–Trinajstić information content (AvgIpc) is 3.12. The van der Waals surface area contributed by atoms with Crippen molar-refractivity contribution in [3.63, 3.8) is 0 Å². The van der Waals surface area contributed by atoms with Crippen LogP contribution in [0.25, 0.3) is 0 Å². The zero-order chi connectivity index (χ0) is 32.6. The van der Waals surface area contributed by atoms with Gasteiger partial charge in [-0.05, 0) is 61.9 Å². The van der Waals surface area contributed by atoms with Gasteiger partial charge >= 0.3 is 12.2 Å². The van der Waals surface area contributed by atoms with Gasteiger partial charge in [-0.3, -0.25) is 4.79 Å². The van der Waals surface area contributed by atoms with Gasteiger partial charge < -0.3 is 15.1 Å². The number of amides is 3. The topological polar surface area (TPSA) is 126 Å². The first-order valence-corrected chi connectivity index (χ1v) is 14.3. The minimum Gasteiger partial charge on any atom is -0.368 e. The van der Waals surface area contributed by atoms with Gasteiger partial charge in [0.1, 0.15) is 17.7 Å². The maximum absolute atomic E-state index is 15.0. The van der Waals surface area contributed by atoms with Crippen LogP contribution in [0, 0.1) is 17.1 Å². The Morgan fingerprint density at radius 2 is 1.73 bits per heavy atom. The van der Waals surface area contributed by atoms with Crippen LogP contribution in [0.4, 0.5) is 39.4 Å². The number of hydrogen-bond acceptors (Lipinski definition) is 6. The van der Waals surface area contributed by atoms with Crippen LogP contribution < -0.4 is 10.2 Å². The van der Waals surface area contributed by atoms with Crippen molar-refractivity contribution in [3.8, 4) is 6.07 Å². The minimum absolute atomic E-state index is 0.0880. The molecule has 1 saturated heterocycles. The molecule has 10 nitrogen and oxygen atoms in total. The molecular formula is C29H26F4N6O4S. The van der Waals surface area contributed by atoms with E-state index >= 15 is 4.39 Å². The summed E-state index contributed by atoms with van der Waals surface area (Å²) in [6, 6.07) is 12.8. The molecule has 1 heterocycles. The molecule has 0 unspecified atom stereocenters. The van der Waals surface area contributed by atoms with Crippen LogP contribution in [0.5, 0.6) is 0 Å². The largest absolute Gasteiger partial charge is 0.417 e. The van der Waals surface area contributed by atoms with Crippen LogP contribution in [0.3, 0.4) is 0 Å². The van der Waals surface area contributed by atoms with Gasteiger partial charge in [-0.15, -0.1) is 4.40 Å². The number of anilines is 3. The van der Waals surface area contributed by atoms with E-state index in [1.54, 1.807) is 38.4 Å². The average molecular weight is 631 g/mol. The van der Waals surface area contributed by atoms with E-state index in [1.165, 1.54) is 36.9 Å². The third-order valence-corrected chi connectivity index (χ3v) is 8.00. The molecule has 0 bridgehead atoms. The Balaban J connectivity index is 1.64. The number of urea groups is 1. The lowest BCUT2D eigenvalue weighted by Crippen LogP contribution is -2.43. The summed E-state index contributed by atoms with van der Waals surface area (Å²) in [7, 11) is -1.01. The summed E-state index contributed by atoms with van der Waals surface area (Å²) in [5.74, 6) is -1.69. The first kappa shape index (κ1) is 32.0. The summed E-state index contributed by atoms with van der Waals surface area (Å²) in [6.45, 7) is 2.68. The maximum atomic E-state index is 15.0. The lowest BCUT2D eigenvalue weighted by Gasteiger charge is -2.28. The van der Waals surface area contributed by atoms with Crippen LogP contribution in [-0.4, -0.2) is 56.1 Å². The van der Waals surface area contributed by atoms with Gasteiger partial charge in [-0.1, -0.05) is 18.2 Å². The number of alkyl halides is 3. The van der Waals surface area contributed by atoms with E-state index in [9.17, 15) is 31.2 Å². The molecule has 0 aromatic heterocycles. The van der Waals surface area contributed by atoms with E-state index in [-0.39, 0.29) is 22.8 Å². The van der Waals surface area contributed by atoms with Crippen molar-refractivity contribution in [2.24, 2.45) is 4.40 Å². The van der Waals surface area contributed by atoms with Gasteiger partial charge in [0.05, 0.1) is 40.0 Å². The Bertz CT molecular complexity index is 1820. The third-order valence-electron chi connectivity index (χ3n) is 6.78. The smallest absolute Gasteiger partial charge is 0.368 e. The molecule has 0 atom stereocenters. The predicted octanol–water partition coefficient (Wildman–Crippen LogP) is 5.49. The number of halogens is 4. The summed E-state index contributed by atoms with van der Waals surface area (Å²) in [4.78, 5) is 29.7. The second-order valence-corrected chi connectivity index (χ2v) is 12.1. The summed E-state index contributed by atoms with van der Waals surface area (Å²) in [5.41, 5.74) is -3.13. The fourth-order valence-corrected chi connectivity index (χ4v) is 5.33. The zero-order valence-corrected chi connectivity index (χ0v) is 24.7. The van der Waals surface area contributed by atoms with Crippen molar-refractivity contribution in [2.75, 3.05) is 24.3 Å². The first-order chi connectivity index (χ1) is 20.5. The van der Waals surface area contributed by atoms with Crippen molar-refractivity contribution in [1.82, 2.24) is 9.80 Å². The number of carbonyl (C=O) groups is 2. The Morgan fingerprint density at radius 3 is 2.34 bits per heavy atom. The molecule has 0 saturated carbocycles. The second-order valence-electron chi connectivity index (χ2n) is 10.5. The van der Waals surface area contributed by atoms with E-state index in [1.807, 2.05) is 0 Å². The summed E-state index contributed by atoms with van der Waals surface area (Å²) in [5, 5.41) is 12.0. The highest BCUT2D eigenvalue weighted by Crippen LogP contribution is 2.39. The van der Waals surface area contributed by atoms with Gasteiger partial charge in [-0.2, -0.15) is 26.9 Å². The molecule has 230 valence electrons. The number of hydrogen-bond donors (Lipinski definition) is 1. The molecule has 3 aromatic rings. The molecule has 44 heavy (non-hydrogen) atoms. The number of imide groups is 1. The first-order valence-electron chi connectivity index (χ1n) is 12.9. The Morgan fingerprint density at radius 1 is 1.05 bits per heavy atom. The number of nitrogens with zero attached hydrogens (tertiary/aromatic N) is 5. The van der Waals surface area contributed by atoms with Crippen LogP contribution in [-0.2, 0) is 27.5 Å². The molecule has 1 fully saturated rings. The number of para-hydroxylation sites is 1. The normalized spacial score (nSPS) is 15.2. The van der Waals surface area contributed by atoms with E-state index in [2.05, 4.69) is 9.71 Å². The molecule has 0 aliphatic carbocycles. The number of carbonyl (C=O) groups excluding carboxylic acids is 2. The molecule has 15 heteroatoms. The fourth-order valence-electron chi connectivity index (χ4n) is 4.40. The van der Waals surface area contributed by atoms with Crippen molar-refractivity contribution < 1.29 is 35.6 Å². The molecule has 3 aromatic carbocycles. The zero-order valence-electron chi connectivity index (χ0n) is 23.8. The summed E-state index contributed by atoms with van der Waals surface area (Å²) in [6.07, 6.45) is -3.83. The SMILES string of the molecule is CN(C)/C=N/S(=O)(=O)c1ccc(Nc2ccccc2CN2C(=O)N(c3ccc(C#N)c(C(F)(F)F)c3)C(=O)C2(C)C)c(F)c1. The number of sulfonamides is 1. The number of nitrogens with one attached hydrogen (secondary N) is 1. The Kier molecular flexibility index (Phi) is 8.43. The molecular weight excluding hydrogens is 604 g/mol. The minimum atomic E-state index is -4.90. The molecule has 1 aliphatic rings. The molecule has 4 rings (SSSR count). The summed E-state index contributed by atoms with van der Waals surface area (Å²) < 4.78 is 84.1. The fraction of sp³-hybridized carbons (Fsp3) is 0.241. The predicted molar refractivity (Wildman–Crippen MR) is 154 cm³/mol. The van der Waals surface area contributed by atoms with E-state index < -0.39 is 50.6 Å². The van der Waals surface area contributed by atoms with Crippen molar-refractivity contribution in [1.29, 1.82) is 5.26 Å². The number of benzene rings is 3. The quantitative estimate of drug-likeness (QED) is 0.151. The molecule has 3 amide bonds. The van der Waals surface area contributed by atoms with Crippen molar-refractivity contribution >= 4 is 45.4 Å². The monoisotopic (exact) mass is 630 g/mol. The lowest BCUT2D eigenvalue weighted by molar-refractivity contribution is -0.137. The second kappa shape index (κ2) is 11.6. The Labute approximate surface area is 250 Å².